The standard InChI is InChI=1S/C20H25NO4S/c1-13(2)12-21(10-9-19(22)23)20(24)18-11-17(14(3)26-18)15-5-7-16(25-4)8-6-15/h5-8,11,13H,9-10,12H2,1-4H3,(H,22,23). The maximum Gasteiger partial charge on any atom is 0.305 e. The Morgan fingerprint density at radius 2 is 1.88 bits per heavy atom. The molecule has 0 unspecified atom stereocenters. The van der Waals surface area contributed by atoms with Crippen molar-refractivity contribution in [1.29, 1.82) is 0 Å². The molecule has 0 aliphatic rings. The fourth-order valence-corrected chi connectivity index (χ4v) is 3.76. The molecule has 140 valence electrons. The molecule has 1 aromatic heterocycles. The fraction of sp³-hybridized carbons (Fsp3) is 0.400. The van der Waals surface area contributed by atoms with Crippen LogP contribution in [0.5, 0.6) is 5.75 Å². The van der Waals surface area contributed by atoms with Gasteiger partial charge < -0.3 is 14.7 Å². The Morgan fingerprint density at radius 1 is 1.23 bits per heavy atom. The van der Waals surface area contributed by atoms with Crippen LogP contribution in [0.1, 0.15) is 34.8 Å². The highest BCUT2D eigenvalue weighted by molar-refractivity contribution is 7.14. The van der Waals surface area contributed by atoms with Crippen LogP contribution in [0, 0.1) is 12.8 Å². The SMILES string of the molecule is COc1ccc(-c2cc(C(=O)N(CCC(=O)O)CC(C)C)sc2C)cc1. The molecule has 0 aliphatic heterocycles. The van der Waals surface area contributed by atoms with Crippen LogP contribution in [0.15, 0.2) is 30.3 Å². The number of methoxy groups -OCH3 is 1. The predicted molar refractivity (Wildman–Crippen MR) is 104 cm³/mol. The molecule has 1 amide bonds. The maximum atomic E-state index is 12.9. The van der Waals surface area contributed by atoms with E-state index in [1.807, 2.05) is 51.1 Å². The third-order valence-corrected chi connectivity index (χ3v) is 5.04. The third-order valence-electron chi connectivity index (χ3n) is 4.00. The van der Waals surface area contributed by atoms with E-state index >= 15 is 0 Å². The molecular formula is C20H25NO4S. The molecule has 1 N–H and O–H groups in total. The van der Waals surface area contributed by atoms with E-state index in [1.165, 1.54) is 11.3 Å². The lowest BCUT2D eigenvalue weighted by Crippen LogP contribution is -2.35. The quantitative estimate of drug-likeness (QED) is 0.747. The van der Waals surface area contributed by atoms with Crippen molar-refractivity contribution in [3.8, 4) is 16.9 Å². The number of aliphatic carboxylic acids is 1. The molecule has 2 rings (SSSR count). The molecular weight excluding hydrogens is 350 g/mol. The summed E-state index contributed by atoms with van der Waals surface area (Å²) in [6, 6.07) is 9.63. The van der Waals surface area contributed by atoms with Crippen molar-refractivity contribution in [3.63, 3.8) is 0 Å². The molecule has 2 aromatic rings. The van der Waals surface area contributed by atoms with E-state index in [4.69, 9.17) is 9.84 Å². The summed E-state index contributed by atoms with van der Waals surface area (Å²) < 4.78 is 5.19. The van der Waals surface area contributed by atoms with Crippen molar-refractivity contribution in [2.24, 2.45) is 5.92 Å². The predicted octanol–water partition coefficient (Wildman–Crippen LogP) is 4.31. The second-order valence-corrected chi connectivity index (χ2v) is 7.85. The monoisotopic (exact) mass is 375 g/mol. The molecule has 0 saturated carbocycles. The van der Waals surface area contributed by atoms with Gasteiger partial charge in [-0.25, -0.2) is 0 Å². The lowest BCUT2D eigenvalue weighted by atomic mass is 10.1. The molecule has 0 bridgehead atoms. The summed E-state index contributed by atoms with van der Waals surface area (Å²) in [7, 11) is 1.63. The first-order chi connectivity index (χ1) is 12.3. The molecule has 26 heavy (non-hydrogen) atoms. The van der Waals surface area contributed by atoms with Gasteiger partial charge in [0, 0.05) is 18.0 Å². The van der Waals surface area contributed by atoms with Crippen LogP contribution in [0.3, 0.4) is 0 Å². The Hall–Kier alpha value is -2.34. The van der Waals surface area contributed by atoms with Crippen molar-refractivity contribution in [2.75, 3.05) is 20.2 Å². The van der Waals surface area contributed by atoms with E-state index in [9.17, 15) is 9.59 Å². The molecule has 0 radical (unpaired) electrons. The number of carboxylic acids is 1. The fourth-order valence-electron chi connectivity index (χ4n) is 2.75. The highest BCUT2D eigenvalue weighted by atomic mass is 32.1. The summed E-state index contributed by atoms with van der Waals surface area (Å²) >= 11 is 1.45. The number of carbonyl (C=O) groups excluding carboxylic acids is 1. The minimum atomic E-state index is -0.896. The smallest absolute Gasteiger partial charge is 0.305 e. The molecule has 0 fully saturated rings. The zero-order valence-corrected chi connectivity index (χ0v) is 16.4. The Bertz CT molecular complexity index is 765. The highest BCUT2D eigenvalue weighted by Crippen LogP contribution is 2.32. The van der Waals surface area contributed by atoms with Gasteiger partial charge in [-0.1, -0.05) is 26.0 Å². The molecule has 0 saturated heterocycles. The van der Waals surface area contributed by atoms with E-state index in [-0.39, 0.29) is 24.8 Å². The molecule has 5 nitrogen and oxygen atoms in total. The Kier molecular flexibility index (Phi) is 6.80. The van der Waals surface area contributed by atoms with Gasteiger partial charge in [-0.2, -0.15) is 0 Å². The number of carboxylic acid groups (broad SMARTS) is 1. The number of rotatable bonds is 8. The number of amides is 1. The van der Waals surface area contributed by atoms with Gasteiger partial charge in [0.1, 0.15) is 5.75 Å². The third kappa shape index (κ3) is 5.08. The topological polar surface area (TPSA) is 66.8 Å². The van der Waals surface area contributed by atoms with E-state index in [0.29, 0.717) is 11.4 Å². The van der Waals surface area contributed by atoms with Crippen molar-refractivity contribution in [3.05, 3.63) is 40.1 Å². The summed E-state index contributed by atoms with van der Waals surface area (Å²) in [4.78, 5) is 27.1. The van der Waals surface area contributed by atoms with Gasteiger partial charge in [0.05, 0.1) is 18.4 Å². The summed E-state index contributed by atoms with van der Waals surface area (Å²) in [5, 5.41) is 8.94. The van der Waals surface area contributed by atoms with Gasteiger partial charge in [0.25, 0.3) is 5.91 Å². The van der Waals surface area contributed by atoms with Gasteiger partial charge in [0.2, 0.25) is 0 Å². The van der Waals surface area contributed by atoms with Gasteiger partial charge in [-0.3, -0.25) is 9.59 Å². The minimum absolute atomic E-state index is 0.0475. The second-order valence-electron chi connectivity index (χ2n) is 6.60. The Balaban J connectivity index is 2.25. The lowest BCUT2D eigenvalue weighted by molar-refractivity contribution is -0.137. The van der Waals surface area contributed by atoms with E-state index < -0.39 is 5.97 Å². The van der Waals surface area contributed by atoms with Crippen LogP contribution in [0.4, 0.5) is 0 Å². The van der Waals surface area contributed by atoms with Gasteiger partial charge in [-0.05, 0) is 42.2 Å². The first kappa shape index (κ1) is 20.0. The van der Waals surface area contributed by atoms with Crippen LogP contribution in [0.25, 0.3) is 11.1 Å². The molecule has 0 atom stereocenters. The average molecular weight is 375 g/mol. The van der Waals surface area contributed by atoms with Crippen molar-refractivity contribution in [2.45, 2.75) is 27.2 Å². The average Bonchev–Trinajstić information content (AvgIpc) is 2.99. The van der Waals surface area contributed by atoms with Crippen LogP contribution in [-0.4, -0.2) is 42.1 Å². The summed E-state index contributed by atoms with van der Waals surface area (Å²) in [6.45, 7) is 6.79. The molecule has 0 aliphatic carbocycles. The maximum absolute atomic E-state index is 12.9. The second kappa shape index (κ2) is 8.85. The van der Waals surface area contributed by atoms with Crippen LogP contribution in [-0.2, 0) is 4.79 Å². The first-order valence-electron chi connectivity index (χ1n) is 8.57. The Labute approximate surface area is 158 Å². The zero-order valence-electron chi connectivity index (χ0n) is 15.6. The number of thiophene rings is 1. The molecule has 6 heteroatoms. The normalized spacial score (nSPS) is 10.8. The van der Waals surface area contributed by atoms with E-state index in [2.05, 4.69) is 0 Å². The first-order valence-corrected chi connectivity index (χ1v) is 9.39. The number of nitrogens with zero attached hydrogens (tertiary/aromatic N) is 1. The van der Waals surface area contributed by atoms with Crippen LogP contribution < -0.4 is 4.74 Å². The largest absolute Gasteiger partial charge is 0.497 e. The summed E-state index contributed by atoms with van der Waals surface area (Å²) in [5.41, 5.74) is 2.04. The zero-order chi connectivity index (χ0) is 19.3. The number of hydrogen-bond acceptors (Lipinski definition) is 4. The minimum Gasteiger partial charge on any atom is -0.497 e. The number of benzene rings is 1. The number of carbonyl (C=O) groups is 2. The molecule has 1 heterocycles. The number of hydrogen-bond donors (Lipinski definition) is 1. The Morgan fingerprint density at radius 3 is 2.42 bits per heavy atom. The van der Waals surface area contributed by atoms with E-state index in [0.717, 1.165) is 21.8 Å². The number of aryl methyl sites for hydroxylation is 1. The van der Waals surface area contributed by atoms with Crippen molar-refractivity contribution < 1.29 is 19.4 Å². The summed E-state index contributed by atoms with van der Waals surface area (Å²) in [6.07, 6.45) is -0.0475. The lowest BCUT2D eigenvalue weighted by Gasteiger charge is -2.23. The van der Waals surface area contributed by atoms with Crippen molar-refractivity contribution >= 4 is 23.2 Å². The molecule has 1 aromatic carbocycles. The van der Waals surface area contributed by atoms with Gasteiger partial charge in [-0.15, -0.1) is 11.3 Å². The van der Waals surface area contributed by atoms with Crippen molar-refractivity contribution in [1.82, 2.24) is 4.90 Å². The van der Waals surface area contributed by atoms with E-state index in [1.54, 1.807) is 12.0 Å². The number of ether oxygens (including phenoxy) is 1. The van der Waals surface area contributed by atoms with Crippen LogP contribution >= 0.6 is 11.3 Å². The summed E-state index contributed by atoms with van der Waals surface area (Å²) in [5.74, 6) is 0.0604. The molecule has 0 spiro atoms. The highest BCUT2D eigenvalue weighted by Gasteiger charge is 2.21. The van der Waals surface area contributed by atoms with Gasteiger partial charge >= 0.3 is 5.97 Å². The van der Waals surface area contributed by atoms with Crippen LogP contribution in [0.2, 0.25) is 0 Å². The van der Waals surface area contributed by atoms with Gasteiger partial charge in [0.15, 0.2) is 0 Å².